The van der Waals surface area contributed by atoms with Crippen LogP contribution >= 0.6 is 12.4 Å². The fraction of sp³-hybridized carbons (Fsp3) is 0.286. The third-order valence-electron chi connectivity index (χ3n) is 3.99. The van der Waals surface area contributed by atoms with Crippen molar-refractivity contribution in [3.63, 3.8) is 0 Å². The predicted octanol–water partition coefficient (Wildman–Crippen LogP) is 4.61. The Morgan fingerprint density at radius 2 is 1.85 bits per heavy atom. The maximum Gasteiger partial charge on any atom is 0.259 e. The third-order valence-corrected chi connectivity index (χ3v) is 3.99. The van der Waals surface area contributed by atoms with Crippen molar-refractivity contribution in [3.05, 3.63) is 60.3 Å². The fourth-order valence-electron chi connectivity index (χ4n) is 2.75. The number of anilines is 1. The summed E-state index contributed by atoms with van der Waals surface area (Å²) in [6.45, 7) is 7.53. The standard InChI is InChI=1S/C21H25N3O2.ClH/c1-21(2,3)23-13-14-26-19-10-5-4-7-16(19)20(25)24-18-9-6-8-17-15(18)11-12-22-17;/h4-12,22-23H,13-14H2,1-3H3,(H,24,25);1H. The molecule has 0 saturated carbocycles. The molecule has 0 aliphatic heterocycles. The van der Waals surface area contributed by atoms with E-state index in [2.05, 4.69) is 36.4 Å². The lowest BCUT2D eigenvalue weighted by atomic mass is 10.1. The van der Waals surface area contributed by atoms with Gasteiger partial charge in [0.2, 0.25) is 0 Å². The summed E-state index contributed by atoms with van der Waals surface area (Å²) in [5, 5.41) is 7.34. The normalized spacial score (nSPS) is 11.1. The second-order valence-corrected chi connectivity index (χ2v) is 7.22. The first-order chi connectivity index (χ1) is 12.4. The van der Waals surface area contributed by atoms with E-state index in [1.165, 1.54) is 0 Å². The van der Waals surface area contributed by atoms with Crippen molar-refractivity contribution in [1.29, 1.82) is 0 Å². The number of carbonyl (C=O) groups is 1. The molecule has 0 saturated heterocycles. The van der Waals surface area contributed by atoms with E-state index in [-0.39, 0.29) is 23.9 Å². The first-order valence-electron chi connectivity index (χ1n) is 8.78. The summed E-state index contributed by atoms with van der Waals surface area (Å²) in [4.78, 5) is 15.9. The molecule has 0 fully saturated rings. The van der Waals surface area contributed by atoms with Crippen molar-refractivity contribution in [2.75, 3.05) is 18.5 Å². The third kappa shape index (κ3) is 5.49. The summed E-state index contributed by atoms with van der Waals surface area (Å²) in [6, 6.07) is 15.0. The van der Waals surface area contributed by atoms with E-state index >= 15 is 0 Å². The number of H-pyrrole nitrogens is 1. The number of fused-ring (bicyclic) bond motifs is 1. The molecule has 3 rings (SSSR count). The van der Waals surface area contributed by atoms with Crippen LogP contribution in [0.3, 0.4) is 0 Å². The Bertz CT molecular complexity index is 900. The molecule has 3 aromatic rings. The molecule has 1 aromatic heterocycles. The van der Waals surface area contributed by atoms with Crippen molar-refractivity contribution in [2.24, 2.45) is 0 Å². The predicted molar refractivity (Wildman–Crippen MR) is 113 cm³/mol. The van der Waals surface area contributed by atoms with Crippen LogP contribution < -0.4 is 15.4 Å². The molecule has 6 heteroatoms. The van der Waals surface area contributed by atoms with Crippen molar-refractivity contribution < 1.29 is 9.53 Å². The maximum atomic E-state index is 12.8. The van der Waals surface area contributed by atoms with Gasteiger partial charge in [-0.3, -0.25) is 4.79 Å². The van der Waals surface area contributed by atoms with Gasteiger partial charge in [-0.25, -0.2) is 0 Å². The Hall–Kier alpha value is -2.50. The highest BCUT2D eigenvalue weighted by Gasteiger charge is 2.14. The summed E-state index contributed by atoms with van der Waals surface area (Å²) in [5.41, 5.74) is 2.32. The van der Waals surface area contributed by atoms with Gasteiger partial charge in [-0.2, -0.15) is 0 Å². The van der Waals surface area contributed by atoms with Gasteiger partial charge in [-0.15, -0.1) is 12.4 Å². The first kappa shape index (κ1) is 20.8. The molecule has 0 unspecified atom stereocenters. The molecule has 0 aliphatic rings. The zero-order valence-corrected chi connectivity index (χ0v) is 16.7. The summed E-state index contributed by atoms with van der Waals surface area (Å²) >= 11 is 0. The molecule has 27 heavy (non-hydrogen) atoms. The first-order valence-corrected chi connectivity index (χ1v) is 8.78. The molecule has 0 spiro atoms. The number of carbonyl (C=O) groups excluding carboxylic acids is 1. The van der Waals surface area contributed by atoms with Crippen molar-refractivity contribution >= 4 is 34.9 Å². The molecule has 3 N–H and O–H groups in total. The molecule has 144 valence electrons. The number of rotatable bonds is 6. The van der Waals surface area contributed by atoms with Gasteiger partial charge in [-0.1, -0.05) is 18.2 Å². The van der Waals surface area contributed by atoms with Crippen molar-refractivity contribution in [1.82, 2.24) is 10.3 Å². The Morgan fingerprint density at radius 1 is 1.07 bits per heavy atom. The average molecular weight is 388 g/mol. The Labute approximate surface area is 165 Å². The maximum absolute atomic E-state index is 12.8. The number of amides is 1. The van der Waals surface area contributed by atoms with Crippen LogP contribution in [0.2, 0.25) is 0 Å². The Morgan fingerprint density at radius 3 is 2.63 bits per heavy atom. The minimum Gasteiger partial charge on any atom is -0.491 e. The van der Waals surface area contributed by atoms with Crippen LogP contribution in [0.4, 0.5) is 5.69 Å². The second-order valence-electron chi connectivity index (χ2n) is 7.22. The van der Waals surface area contributed by atoms with Gasteiger partial charge < -0.3 is 20.4 Å². The Balaban J connectivity index is 0.00000261. The van der Waals surface area contributed by atoms with Gasteiger partial charge in [-0.05, 0) is 51.1 Å². The molecule has 0 radical (unpaired) electrons. The van der Waals surface area contributed by atoms with Crippen LogP contribution in [0.1, 0.15) is 31.1 Å². The largest absolute Gasteiger partial charge is 0.491 e. The number of hydrogen-bond donors (Lipinski definition) is 3. The lowest BCUT2D eigenvalue weighted by molar-refractivity contribution is 0.102. The molecule has 0 aliphatic carbocycles. The molecule has 0 atom stereocenters. The average Bonchev–Trinajstić information content (AvgIpc) is 3.08. The van der Waals surface area contributed by atoms with Crippen LogP contribution in [-0.2, 0) is 0 Å². The molecular weight excluding hydrogens is 362 g/mol. The SMILES string of the molecule is CC(C)(C)NCCOc1ccccc1C(=O)Nc1cccc2[nH]ccc12.Cl. The van der Waals surface area contributed by atoms with Gasteiger partial charge in [0.1, 0.15) is 12.4 Å². The van der Waals surface area contributed by atoms with Crippen LogP contribution in [0.5, 0.6) is 5.75 Å². The van der Waals surface area contributed by atoms with E-state index in [1.807, 2.05) is 48.7 Å². The lowest BCUT2D eigenvalue weighted by Crippen LogP contribution is -2.38. The van der Waals surface area contributed by atoms with E-state index in [4.69, 9.17) is 4.74 Å². The van der Waals surface area contributed by atoms with Gasteiger partial charge in [0.05, 0.1) is 11.3 Å². The number of halogens is 1. The molecule has 5 nitrogen and oxygen atoms in total. The minimum absolute atomic E-state index is 0. The zero-order chi connectivity index (χ0) is 18.6. The van der Waals surface area contributed by atoms with Gasteiger partial charge in [0, 0.05) is 29.2 Å². The summed E-state index contributed by atoms with van der Waals surface area (Å²) < 4.78 is 5.83. The molecular formula is C21H26ClN3O2. The van der Waals surface area contributed by atoms with E-state index in [0.29, 0.717) is 24.5 Å². The van der Waals surface area contributed by atoms with Crippen molar-refractivity contribution in [3.8, 4) is 5.75 Å². The highest BCUT2D eigenvalue weighted by molar-refractivity contribution is 6.10. The molecule has 0 bridgehead atoms. The fourth-order valence-corrected chi connectivity index (χ4v) is 2.75. The smallest absolute Gasteiger partial charge is 0.259 e. The number of ether oxygens (including phenoxy) is 1. The second kappa shape index (κ2) is 8.93. The number of para-hydroxylation sites is 1. The van der Waals surface area contributed by atoms with Gasteiger partial charge in [0.15, 0.2) is 0 Å². The van der Waals surface area contributed by atoms with Crippen molar-refractivity contribution in [2.45, 2.75) is 26.3 Å². The van der Waals surface area contributed by atoms with E-state index < -0.39 is 0 Å². The minimum atomic E-state index is -0.182. The van der Waals surface area contributed by atoms with Gasteiger partial charge >= 0.3 is 0 Å². The number of nitrogens with one attached hydrogen (secondary N) is 3. The summed E-state index contributed by atoms with van der Waals surface area (Å²) in [7, 11) is 0. The molecule has 1 heterocycles. The summed E-state index contributed by atoms with van der Waals surface area (Å²) in [6.07, 6.45) is 1.86. The molecule has 2 aromatic carbocycles. The van der Waals surface area contributed by atoms with E-state index in [1.54, 1.807) is 6.07 Å². The van der Waals surface area contributed by atoms with Crippen LogP contribution in [0.25, 0.3) is 10.9 Å². The number of hydrogen-bond acceptors (Lipinski definition) is 3. The lowest BCUT2D eigenvalue weighted by Gasteiger charge is -2.20. The number of aromatic nitrogens is 1. The number of aromatic amines is 1. The highest BCUT2D eigenvalue weighted by atomic mass is 35.5. The van der Waals surface area contributed by atoms with Gasteiger partial charge in [0.25, 0.3) is 5.91 Å². The topological polar surface area (TPSA) is 66.2 Å². The monoisotopic (exact) mass is 387 g/mol. The Kier molecular flexibility index (Phi) is 6.88. The quantitative estimate of drug-likeness (QED) is 0.541. The highest BCUT2D eigenvalue weighted by Crippen LogP contribution is 2.24. The van der Waals surface area contributed by atoms with E-state index in [0.717, 1.165) is 16.6 Å². The number of benzene rings is 2. The zero-order valence-electron chi connectivity index (χ0n) is 15.8. The van der Waals surface area contributed by atoms with Crippen LogP contribution in [0.15, 0.2) is 54.7 Å². The van der Waals surface area contributed by atoms with Crippen LogP contribution in [0, 0.1) is 0 Å². The summed E-state index contributed by atoms with van der Waals surface area (Å²) in [5.74, 6) is 0.403. The van der Waals surface area contributed by atoms with Crippen LogP contribution in [-0.4, -0.2) is 29.6 Å². The van der Waals surface area contributed by atoms with E-state index in [9.17, 15) is 4.79 Å². The molecule has 1 amide bonds.